The second-order valence-corrected chi connectivity index (χ2v) is 5.96. The van der Waals surface area contributed by atoms with Gasteiger partial charge in [-0.1, -0.05) is 57.5 Å². The Morgan fingerprint density at radius 3 is 2.05 bits per heavy atom. The van der Waals surface area contributed by atoms with Crippen molar-refractivity contribution in [3.63, 3.8) is 0 Å². The standard InChI is InChI=1S/C16H24O3/c1-11(2)15(12(3)4)16(17-6,19-18-15)14-9-7-8-13(5)10-14/h7-12H,1-6H3. The Labute approximate surface area is 115 Å². The molecule has 0 bridgehead atoms. The highest BCUT2D eigenvalue weighted by Crippen LogP contribution is 2.56. The van der Waals surface area contributed by atoms with Gasteiger partial charge in [-0.05, 0) is 18.8 Å². The van der Waals surface area contributed by atoms with Crippen molar-refractivity contribution < 1.29 is 14.5 Å². The molecule has 1 saturated heterocycles. The van der Waals surface area contributed by atoms with E-state index in [1.165, 1.54) is 5.56 Å². The zero-order valence-electron chi connectivity index (χ0n) is 12.7. The van der Waals surface area contributed by atoms with E-state index >= 15 is 0 Å². The molecule has 0 spiro atoms. The minimum absolute atomic E-state index is 0.279. The van der Waals surface area contributed by atoms with Crippen LogP contribution in [0.5, 0.6) is 0 Å². The number of benzene rings is 1. The van der Waals surface area contributed by atoms with Crippen molar-refractivity contribution in [1.29, 1.82) is 0 Å². The molecule has 1 aliphatic heterocycles. The van der Waals surface area contributed by atoms with E-state index in [0.29, 0.717) is 0 Å². The van der Waals surface area contributed by atoms with Crippen molar-refractivity contribution in [2.75, 3.05) is 7.11 Å². The van der Waals surface area contributed by atoms with Crippen LogP contribution in [0.25, 0.3) is 0 Å². The van der Waals surface area contributed by atoms with E-state index in [-0.39, 0.29) is 11.8 Å². The second kappa shape index (κ2) is 4.89. The molecule has 106 valence electrons. The molecule has 3 nitrogen and oxygen atoms in total. The molecule has 1 heterocycles. The van der Waals surface area contributed by atoms with Gasteiger partial charge in [-0.2, -0.15) is 4.89 Å². The smallest absolute Gasteiger partial charge is 0.260 e. The van der Waals surface area contributed by atoms with Crippen molar-refractivity contribution in [2.24, 2.45) is 11.8 Å². The summed E-state index contributed by atoms with van der Waals surface area (Å²) in [5.74, 6) is -0.259. The highest BCUT2D eigenvalue weighted by Gasteiger charge is 2.69. The number of hydrogen-bond donors (Lipinski definition) is 0. The van der Waals surface area contributed by atoms with Crippen LogP contribution in [-0.2, 0) is 20.3 Å². The van der Waals surface area contributed by atoms with Crippen LogP contribution in [0.2, 0.25) is 0 Å². The predicted octanol–water partition coefficient (Wildman–Crippen LogP) is 3.81. The molecule has 0 saturated carbocycles. The van der Waals surface area contributed by atoms with E-state index in [4.69, 9.17) is 14.5 Å². The summed E-state index contributed by atoms with van der Waals surface area (Å²) in [7, 11) is 1.68. The fraction of sp³-hybridized carbons (Fsp3) is 0.625. The topological polar surface area (TPSA) is 27.7 Å². The van der Waals surface area contributed by atoms with Crippen molar-refractivity contribution in [1.82, 2.24) is 0 Å². The molecule has 0 aliphatic carbocycles. The molecular formula is C16H24O3. The van der Waals surface area contributed by atoms with Gasteiger partial charge < -0.3 is 4.74 Å². The summed E-state index contributed by atoms with van der Waals surface area (Å²) >= 11 is 0. The van der Waals surface area contributed by atoms with Gasteiger partial charge in [-0.3, -0.25) is 0 Å². The normalized spacial score (nSPS) is 25.7. The minimum Gasteiger partial charge on any atom is -0.345 e. The van der Waals surface area contributed by atoms with Crippen LogP contribution < -0.4 is 0 Å². The maximum atomic E-state index is 5.81. The predicted molar refractivity (Wildman–Crippen MR) is 74.4 cm³/mol. The van der Waals surface area contributed by atoms with Crippen LogP contribution in [0.4, 0.5) is 0 Å². The molecule has 1 fully saturated rings. The van der Waals surface area contributed by atoms with E-state index in [1.54, 1.807) is 7.11 Å². The number of aryl methyl sites for hydroxylation is 1. The largest absolute Gasteiger partial charge is 0.345 e. The highest BCUT2D eigenvalue weighted by molar-refractivity contribution is 5.30. The molecule has 0 amide bonds. The SMILES string of the molecule is COC1(c2cccc(C)c2)OOC1(C(C)C)C(C)C. The molecule has 3 heteroatoms. The van der Waals surface area contributed by atoms with E-state index < -0.39 is 11.4 Å². The van der Waals surface area contributed by atoms with Crippen LogP contribution in [0.15, 0.2) is 24.3 Å². The molecule has 0 aromatic heterocycles. The molecule has 1 aromatic rings. The summed E-state index contributed by atoms with van der Waals surface area (Å²) in [6.45, 7) is 10.6. The van der Waals surface area contributed by atoms with Crippen LogP contribution >= 0.6 is 0 Å². The van der Waals surface area contributed by atoms with Gasteiger partial charge in [0.25, 0.3) is 5.79 Å². The third kappa shape index (κ3) is 1.83. The summed E-state index contributed by atoms with van der Waals surface area (Å²) < 4.78 is 5.81. The maximum Gasteiger partial charge on any atom is 0.260 e. The lowest BCUT2D eigenvalue weighted by Gasteiger charge is -2.59. The lowest BCUT2D eigenvalue weighted by molar-refractivity contribution is -0.634. The molecule has 2 rings (SSSR count). The maximum absolute atomic E-state index is 5.81. The summed E-state index contributed by atoms with van der Waals surface area (Å²) in [5, 5.41) is 0. The lowest BCUT2D eigenvalue weighted by atomic mass is 9.70. The first kappa shape index (κ1) is 14.5. The minimum atomic E-state index is -0.818. The number of hydrogen-bond acceptors (Lipinski definition) is 3. The number of ether oxygens (including phenoxy) is 1. The Morgan fingerprint density at radius 1 is 1.05 bits per heavy atom. The van der Waals surface area contributed by atoms with Crippen molar-refractivity contribution in [3.05, 3.63) is 35.4 Å². The van der Waals surface area contributed by atoms with Crippen molar-refractivity contribution in [3.8, 4) is 0 Å². The summed E-state index contributed by atoms with van der Waals surface area (Å²) in [5.41, 5.74) is 1.74. The van der Waals surface area contributed by atoms with Crippen LogP contribution in [0, 0.1) is 18.8 Å². The Hall–Kier alpha value is -0.900. The number of rotatable bonds is 4. The zero-order chi connectivity index (χ0) is 14.3. The Bertz CT molecular complexity index is 441. The van der Waals surface area contributed by atoms with Crippen LogP contribution in [0.3, 0.4) is 0 Å². The van der Waals surface area contributed by atoms with E-state index in [1.807, 2.05) is 12.1 Å². The van der Waals surface area contributed by atoms with Gasteiger partial charge in [0.1, 0.15) is 0 Å². The molecule has 0 N–H and O–H groups in total. The third-order valence-corrected chi connectivity index (χ3v) is 4.21. The average Bonchev–Trinajstić information content (AvgIpc) is 2.28. The Balaban J connectivity index is 2.54. The first-order valence-electron chi connectivity index (χ1n) is 6.90. The van der Waals surface area contributed by atoms with E-state index in [0.717, 1.165) is 5.56 Å². The van der Waals surface area contributed by atoms with Gasteiger partial charge in [0.05, 0.1) is 0 Å². The van der Waals surface area contributed by atoms with Crippen molar-refractivity contribution in [2.45, 2.75) is 46.0 Å². The number of methoxy groups -OCH3 is 1. The summed E-state index contributed by atoms with van der Waals surface area (Å²) in [6.07, 6.45) is 0. The Morgan fingerprint density at radius 2 is 1.68 bits per heavy atom. The highest BCUT2D eigenvalue weighted by atomic mass is 17.3. The molecule has 1 aliphatic rings. The summed E-state index contributed by atoms with van der Waals surface area (Å²) in [4.78, 5) is 11.1. The van der Waals surface area contributed by atoms with Crippen LogP contribution in [0.1, 0.15) is 38.8 Å². The van der Waals surface area contributed by atoms with Gasteiger partial charge in [0, 0.05) is 12.7 Å². The fourth-order valence-electron chi connectivity index (χ4n) is 3.27. The van der Waals surface area contributed by atoms with Gasteiger partial charge in [0.15, 0.2) is 5.60 Å². The molecule has 0 radical (unpaired) electrons. The third-order valence-electron chi connectivity index (χ3n) is 4.21. The first-order valence-corrected chi connectivity index (χ1v) is 6.90. The van der Waals surface area contributed by atoms with Gasteiger partial charge >= 0.3 is 0 Å². The fourth-order valence-corrected chi connectivity index (χ4v) is 3.27. The van der Waals surface area contributed by atoms with Gasteiger partial charge in [-0.15, -0.1) is 0 Å². The zero-order valence-corrected chi connectivity index (χ0v) is 12.7. The van der Waals surface area contributed by atoms with Gasteiger partial charge in [-0.25, -0.2) is 4.89 Å². The molecule has 1 atom stereocenters. The second-order valence-electron chi connectivity index (χ2n) is 5.96. The van der Waals surface area contributed by atoms with Crippen LogP contribution in [-0.4, -0.2) is 12.7 Å². The van der Waals surface area contributed by atoms with E-state index in [9.17, 15) is 0 Å². The Kier molecular flexibility index (Phi) is 3.74. The van der Waals surface area contributed by atoms with E-state index in [2.05, 4.69) is 46.8 Å². The first-order chi connectivity index (χ1) is 8.90. The van der Waals surface area contributed by atoms with Gasteiger partial charge in [0.2, 0.25) is 0 Å². The molecule has 1 aromatic carbocycles. The summed E-state index contributed by atoms with van der Waals surface area (Å²) in [6, 6.07) is 8.24. The quantitative estimate of drug-likeness (QED) is 0.774. The molecule has 1 unspecified atom stereocenters. The lowest BCUT2D eigenvalue weighted by Crippen LogP contribution is -2.70. The monoisotopic (exact) mass is 264 g/mol. The molecular weight excluding hydrogens is 240 g/mol. The average molecular weight is 264 g/mol. The van der Waals surface area contributed by atoms with Crippen molar-refractivity contribution >= 4 is 0 Å². The molecule has 19 heavy (non-hydrogen) atoms.